The third-order valence-electron chi connectivity index (χ3n) is 3.43. The Morgan fingerprint density at radius 1 is 1.15 bits per heavy atom. The first-order valence-electron chi connectivity index (χ1n) is 8.13. The van der Waals surface area contributed by atoms with Crippen molar-refractivity contribution < 1.29 is 14.3 Å². The highest BCUT2D eigenvalue weighted by molar-refractivity contribution is 6.35. The lowest BCUT2D eigenvalue weighted by Gasteiger charge is -2.14. The Labute approximate surface area is 163 Å². The van der Waals surface area contributed by atoms with Crippen molar-refractivity contribution >= 4 is 35.2 Å². The average Bonchev–Trinajstić information content (AvgIpc) is 2.59. The minimum Gasteiger partial charge on any atom is -0.493 e. The maximum Gasteiger partial charge on any atom is 0.244 e. The van der Waals surface area contributed by atoms with Crippen molar-refractivity contribution in [2.45, 2.75) is 26.5 Å². The Morgan fingerprint density at radius 2 is 1.92 bits per heavy atom. The van der Waals surface area contributed by atoms with E-state index in [2.05, 4.69) is 5.32 Å². The molecule has 0 heterocycles. The molecule has 26 heavy (non-hydrogen) atoms. The molecule has 0 atom stereocenters. The maximum atomic E-state index is 12.0. The fourth-order valence-corrected chi connectivity index (χ4v) is 2.69. The van der Waals surface area contributed by atoms with Crippen LogP contribution in [-0.2, 0) is 11.3 Å². The summed E-state index contributed by atoms with van der Waals surface area (Å²) in [5.41, 5.74) is 1.63. The molecule has 0 aliphatic heterocycles. The number of nitrogens with one attached hydrogen (secondary N) is 1. The van der Waals surface area contributed by atoms with Crippen molar-refractivity contribution in [3.63, 3.8) is 0 Å². The van der Waals surface area contributed by atoms with Crippen LogP contribution in [0.25, 0.3) is 6.08 Å². The molecular formula is C20H21Cl2NO3. The fraction of sp³-hybridized carbons (Fsp3) is 0.250. The van der Waals surface area contributed by atoms with Crippen LogP contribution in [0.3, 0.4) is 0 Å². The van der Waals surface area contributed by atoms with Crippen molar-refractivity contribution in [3.8, 4) is 11.5 Å². The Kier molecular flexibility index (Phi) is 7.37. The zero-order chi connectivity index (χ0) is 19.1. The molecule has 2 aromatic rings. The third-order valence-corrected chi connectivity index (χ3v) is 4.00. The number of benzene rings is 2. The van der Waals surface area contributed by atoms with Crippen LogP contribution in [0.2, 0.25) is 10.0 Å². The van der Waals surface area contributed by atoms with Gasteiger partial charge in [-0.2, -0.15) is 0 Å². The summed E-state index contributed by atoms with van der Waals surface area (Å²) in [6, 6.07) is 10.7. The molecular weight excluding hydrogens is 373 g/mol. The van der Waals surface area contributed by atoms with Gasteiger partial charge in [0.1, 0.15) is 0 Å². The number of halogens is 2. The van der Waals surface area contributed by atoms with Crippen LogP contribution in [0, 0.1) is 0 Å². The predicted octanol–water partition coefficient (Wildman–Crippen LogP) is 5.12. The van der Waals surface area contributed by atoms with Crippen LogP contribution in [0.5, 0.6) is 11.5 Å². The van der Waals surface area contributed by atoms with Crippen LogP contribution in [-0.4, -0.2) is 19.1 Å². The SMILES string of the molecule is COc1cc(CNC(=O)/C=C/c2ccc(Cl)cc2Cl)ccc1OC(C)C. The third kappa shape index (κ3) is 5.97. The molecule has 1 amide bonds. The van der Waals surface area contributed by atoms with Crippen molar-refractivity contribution in [2.75, 3.05) is 7.11 Å². The molecule has 0 aliphatic rings. The lowest BCUT2D eigenvalue weighted by atomic mass is 10.2. The molecule has 2 aromatic carbocycles. The smallest absolute Gasteiger partial charge is 0.244 e. The highest BCUT2D eigenvalue weighted by Crippen LogP contribution is 2.29. The molecule has 0 unspecified atom stereocenters. The van der Waals surface area contributed by atoms with E-state index in [0.717, 1.165) is 11.1 Å². The van der Waals surface area contributed by atoms with Crippen LogP contribution in [0.4, 0.5) is 0 Å². The zero-order valence-electron chi connectivity index (χ0n) is 14.9. The molecule has 0 aliphatic carbocycles. The predicted molar refractivity (Wildman–Crippen MR) is 106 cm³/mol. The molecule has 1 N–H and O–H groups in total. The van der Waals surface area contributed by atoms with Gasteiger partial charge in [-0.05, 0) is 55.3 Å². The van der Waals surface area contributed by atoms with Gasteiger partial charge in [-0.1, -0.05) is 35.3 Å². The summed E-state index contributed by atoms with van der Waals surface area (Å²) in [5, 5.41) is 3.86. The molecule has 0 radical (unpaired) electrons. The number of methoxy groups -OCH3 is 1. The van der Waals surface area contributed by atoms with Crippen molar-refractivity contribution in [3.05, 3.63) is 63.6 Å². The molecule has 0 aromatic heterocycles. The van der Waals surface area contributed by atoms with E-state index < -0.39 is 0 Å². The number of hydrogen-bond acceptors (Lipinski definition) is 3. The van der Waals surface area contributed by atoms with Gasteiger partial charge >= 0.3 is 0 Å². The minimum absolute atomic E-state index is 0.0549. The first-order chi connectivity index (χ1) is 12.4. The van der Waals surface area contributed by atoms with Gasteiger partial charge in [-0.3, -0.25) is 4.79 Å². The van der Waals surface area contributed by atoms with Gasteiger partial charge < -0.3 is 14.8 Å². The van der Waals surface area contributed by atoms with Crippen LogP contribution in [0.15, 0.2) is 42.5 Å². The number of ether oxygens (including phenoxy) is 2. The summed E-state index contributed by atoms with van der Waals surface area (Å²) in [5.74, 6) is 1.08. The highest BCUT2D eigenvalue weighted by atomic mass is 35.5. The Hall–Kier alpha value is -2.17. The Bertz CT molecular complexity index is 804. The summed E-state index contributed by atoms with van der Waals surface area (Å²) < 4.78 is 11.0. The molecule has 6 heteroatoms. The number of carbonyl (C=O) groups excluding carboxylic acids is 1. The van der Waals surface area contributed by atoms with E-state index in [4.69, 9.17) is 32.7 Å². The summed E-state index contributed by atoms with van der Waals surface area (Å²) in [6.45, 7) is 4.27. The normalized spacial score (nSPS) is 11.0. The summed E-state index contributed by atoms with van der Waals surface area (Å²) in [6.07, 6.45) is 3.13. The Morgan fingerprint density at radius 3 is 2.58 bits per heavy atom. The maximum absolute atomic E-state index is 12.0. The zero-order valence-corrected chi connectivity index (χ0v) is 16.4. The van der Waals surface area contributed by atoms with E-state index >= 15 is 0 Å². The molecule has 2 rings (SSSR count). The van der Waals surface area contributed by atoms with Crippen LogP contribution < -0.4 is 14.8 Å². The summed E-state index contributed by atoms with van der Waals surface area (Å²) in [4.78, 5) is 12.0. The van der Waals surface area contributed by atoms with Gasteiger partial charge in [0, 0.05) is 22.7 Å². The van der Waals surface area contributed by atoms with E-state index in [0.29, 0.717) is 28.1 Å². The standard InChI is InChI=1S/C20H21Cl2NO3/c1-13(2)26-18-8-4-14(10-19(18)25-3)12-23-20(24)9-6-15-5-7-16(21)11-17(15)22/h4-11,13H,12H2,1-3H3,(H,23,24)/b9-6+. The van der Waals surface area contributed by atoms with Gasteiger partial charge in [-0.25, -0.2) is 0 Å². The molecule has 0 bridgehead atoms. The van der Waals surface area contributed by atoms with Crippen molar-refractivity contribution in [1.29, 1.82) is 0 Å². The largest absolute Gasteiger partial charge is 0.493 e. The summed E-state index contributed by atoms with van der Waals surface area (Å²) >= 11 is 11.9. The van der Waals surface area contributed by atoms with E-state index in [1.807, 2.05) is 32.0 Å². The van der Waals surface area contributed by atoms with Gasteiger partial charge in [0.05, 0.1) is 13.2 Å². The fourth-order valence-electron chi connectivity index (χ4n) is 2.22. The van der Waals surface area contributed by atoms with E-state index in [1.54, 1.807) is 31.4 Å². The van der Waals surface area contributed by atoms with Gasteiger partial charge in [0.15, 0.2) is 11.5 Å². The quantitative estimate of drug-likeness (QED) is 0.664. The summed E-state index contributed by atoms with van der Waals surface area (Å²) in [7, 11) is 1.59. The lowest BCUT2D eigenvalue weighted by molar-refractivity contribution is -0.116. The molecule has 0 saturated heterocycles. The average molecular weight is 394 g/mol. The van der Waals surface area contributed by atoms with E-state index in [9.17, 15) is 4.79 Å². The molecule has 0 saturated carbocycles. The van der Waals surface area contributed by atoms with Crippen molar-refractivity contribution in [1.82, 2.24) is 5.32 Å². The van der Waals surface area contributed by atoms with Crippen molar-refractivity contribution in [2.24, 2.45) is 0 Å². The topological polar surface area (TPSA) is 47.6 Å². The molecule has 0 spiro atoms. The first kappa shape index (κ1) is 20.1. The number of carbonyl (C=O) groups is 1. The van der Waals surface area contributed by atoms with Gasteiger partial charge in [0.25, 0.3) is 0 Å². The molecule has 4 nitrogen and oxygen atoms in total. The van der Waals surface area contributed by atoms with Crippen LogP contribution in [0.1, 0.15) is 25.0 Å². The van der Waals surface area contributed by atoms with Gasteiger partial charge in [0.2, 0.25) is 5.91 Å². The van der Waals surface area contributed by atoms with E-state index in [-0.39, 0.29) is 12.0 Å². The minimum atomic E-state index is -0.225. The Balaban J connectivity index is 1.97. The molecule has 0 fully saturated rings. The second-order valence-corrected chi connectivity index (χ2v) is 6.71. The molecule has 138 valence electrons. The highest BCUT2D eigenvalue weighted by Gasteiger charge is 2.08. The number of hydrogen-bond donors (Lipinski definition) is 1. The second-order valence-electron chi connectivity index (χ2n) is 5.87. The lowest BCUT2D eigenvalue weighted by Crippen LogP contribution is -2.20. The van der Waals surface area contributed by atoms with E-state index in [1.165, 1.54) is 6.08 Å². The number of rotatable bonds is 7. The first-order valence-corrected chi connectivity index (χ1v) is 8.89. The monoisotopic (exact) mass is 393 g/mol. The van der Waals surface area contributed by atoms with Crippen LogP contribution >= 0.6 is 23.2 Å². The second kappa shape index (κ2) is 9.51. The number of amides is 1. The van der Waals surface area contributed by atoms with Gasteiger partial charge in [-0.15, -0.1) is 0 Å².